The average Bonchev–Trinajstić information content (AvgIpc) is 2.97. The third-order valence-corrected chi connectivity index (χ3v) is 5.32. The van der Waals surface area contributed by atoms with Gasteiger partial charge in [-0.3, -0.25) is 9.59 Å². The maximum Gasteiger partial charge on any atom is 0.232 e. The number of benzene rings is 1. The van der Waals surface area contributed by atoms with Crippen molar-refractivity contribution in [2.45, 2.75) is 32.1 Å². The Morgan fingerprint density at radius 2 is 1.42 bits per heavy atom. The maximum absolute atomic E-state index is 12.5. The van der Waals surface area contributed by atoms with Gasteiger partial charge in [-0.05, 0) is 25.0 Å². The number of carbonyl (C=O) groups is 2. The highest BCUT2D eigenvalue weighted by Gasteiger charge is 2.26. The van der Waals surface area contributed by atoms with Crippen molar-refractivity contribution in [1.82, 2.24) is 9.80 Å². The van der Waals surface area contributed by atoms with Gasteiger partial charge in [-0.15, -0.1) is 0 Å². The first-order valence-electron chi connectivity index (χ1n) is 9.62. The Balaban J connectivity index is 1.51. The van der Waals surface area contributed by atoms with Crippen molar-refractivity contribution in [3.05, 3.63) is 24.3 Å². The molecule has 6 heteroatoms. The Hall–Kier alpha value is -2.24. The fourth-order valence-corrected chi connectivity index (χ4v) is 3.76. The Kier molecular flexibility index (Phi) is 6.36. The van der Waals surface area contributed by atoms with E-state index in [4.69, 9.17) is 4.74 Å². The Bertz CT molecular complexity index is 618. The maximum atomic E-state index is 12.5. The van der Waals surface area contributed by atoms with Gasteiger partial charge in [0.05, 0.1) is 12.8 Å². The third kappa shape index (κ3) is 4.48. The van der Waals surface area contributed by atoms with E-state index < -0.39 is 0 Å². The van der Waals surface area contributed by atoms with E-state index in [1.54, 1.807) is 7.11 Å². The highest BCUT2D eigenvalue weighted by molar-refractivity contribution is 5.97. The number of hydrogen-bond donors (Lipinski definition) is 0. The molecule has 142 valence electrons. The summed E-state index contributed by atoms with van der Waals surface area (Å²) in [6.07, 6.45) is 4.48. The summed E-state index contributed by atoms with van der Waals surface area (Å²) < 4.78 is 5.43. The standard InChI is InChI=1S/C20H29N3O3/c1-26-18-9-5-4-8-17(18)21-12-14-23(15-13-21)20(25)16-19(24)22-10-6-2-3-7-11-22/h4-5,8-9H,2-3,6-7,10-16H2,1H3. The number of anilines is 1. The fourth-order valence-electron chi connectivity index (χ4n) is 3.76. The second kappa shape index (κ2) is 8.92. The van der Waals surface area contributed by atoms with E-state index in [1.165, 1.54) is 12.8 Å². The van der Waals surface area contributed by atoms with Gasteiger partial charge in [0.25, 0.3) is 0 Å². The van der Waals surface area contributed by atoms with Gasteiger partial charge in [0.1, 0.15) is 12.2 Å². The molecule has 0 radical (unpaired) electrons. The molecule has 0 saturated carbocycles. The van der Waals surface area contributed by atoms with Crippen LogP contribution in [0.1, 0.15) is 32.1 Å². The minimum absolute atomic E-state index is 0.00859. The monoisotopic (exact) mass is 359 g/mol. The summed E-state index contributed by atoms with van der Waals surface area (Å²) in [6.45, 7) is 4.39. The summed E-state index contributed by atoms with van der Waals surface area (Å²) in [5, 5.41) is 0. The first-order chi connectivity index (χ1) is 12.7. The van der Waals surface area contributed by atoms with E-state index in [1.807, 2.05) is 34.1 Å². The zero-order valence-electron chi connectivity index (χ0n) is 15.7. The quantitative estimate of drug-likeness (QED) is 0.773. The molecule has 1 aromatic rings. The zero-order chi connectivity index (χ0) is 18.4. The number of hydrogen-bond acceptors (Lipinski definition) is 4. The van der Waals surface area contributed by atoms with Crippen molar-refractivity contribution < 1.29 is 14.3 Å². The molecule has 2 heterocycles. The topological polar surface area (TPSA) is 53.1 Å². The molecule has 1 aromatic carbocycles. The lowest BCUT2D eigenvalue weighted by atomic mass is 10.2. The number of rotatable bonds is 4. The molecular formula is C20H29N3O3. The predicted molar refractivity (Wildman–Crippen MR) is 101 cm³/mol. The second-order valence-electron chi connectivity index (χ2n) is 7.01. The normalized spacial score (nSPS) is 18.4. The Morgan fingerprint density at radius 1 is 0.846 bits per heavy atom. The highest BCUT2D eigenvalue weighted by Crippen LogP contribution is 2.28. The SMILES string of the molecule is COc1ccccc1N1CCN(C(=O)CC(=O)N2CCCCCC2)CC1. The number of amides is 2. The molecule has 0 N–H and O–H groups in total. The molecular weight excluding hydrogens is 330 g/mol. The molecule has 0 aromatic heterocycles. The summed E-state index contributed by atoms with van der Waals surface area (Å²) in [5.41, 5.74) is 1.06. The molecule has 0 bridgehead atoms. The first kappa shape index (κ1) is 18.5. The molecule has 0 unspecified atom stereocenters. The van der Waals surface area contributed by atoms with Gasteiger partial charge >= 0.3 is 0 Å². The molecule has 2 aliphatic rings. The molecule has 26 heavy (non-hydrogen) atoms. The molecule has 2 aliphatic heterocycles. The largest absolute Gasteiger partial charge is 0.495 e. The van der Waals surface area contributed by atoms with Gasteiger partial charge in [-0.25, -0.2) is 0 Å². The third-order valence-electron chi connectivity index (χ3n) is 5.32. The van der Waals surface area contributed by atoms with Crippen LogP contribution in [0, 0.1) is 0 Å². The van der Waals surface area contributed by atoms with Crippen molar-refractivity contribution >= 4 is 17.5 Å². The van der Waals surface area contributed by atoms with E-state index in [2.05, 4.69) is 4.90 Å². The van der Waals surface area contributed by atoms with Crippen molar-refractivity contribution in [3.8, 4) is 5.75 Å². The van der Waals surface area contributed by atoms with Gasteiger partial charge in [-0.2, -0.15) is 0 Å². The van der Waals surface area contributed by atoms with Gasteiger partial charge in [-0.1, -0.05) is 25.0 Å². The van der Waals surface area contributed by atoms with Gasteiger partial charge < -0.3 is 19.4 Å². The number of nitrogens with zero attached hydrogens (tertiary/aromatic N) is 3. The number of likely N-dealkylation sites (tertiary alicyclic amines) is 1. The number of para-hydroxylation sites is 2. The van der Waals surface area contributed by atoms with Crippen LogP contribution in [-0.4, -0.2) is 68.0 Å². The molecule has 2 saturated heterocycles. The Morgan fingerprint density at radius 3 is 2.04 bits per heavy atom. The summed E-state index contributed by atoms with van der Waals surface area (Å²) in [4.78, 5) is 30.9. The molecule has 0 atom stereocenters. The van der Waals surface area contributed by atoms with Crippen LogP contribution in [-0.2, 0) is 9.59 Å². The van der Waals surface area contributed by atoms with E-state index >= 15 is 0 Å². The van der Waals surface area contributed by atoms with Gasteiger partial charge in [0, 0.05) is 39.3 Å². The number of methoxy groups -OCH3 is 1. The van der Waals surface area contributed by atoms with Gasteiger partial charge in [0.15, 0.2) is 0 Å². The van der Waals surface area contributed by atoms with Crippen LogP contribution in [0.2, 0.25) is 0 Å². The number of ether oxygens (including phenoxy) is 1. The van der Waals surface area contributed by atoms with Crippen molar-refractivity contribution in [2.24, 2.45) is 0 Å². The molecule has 2 fully saturated rings. The second-order valence-corrected chi connectivity index (χ2v) is 7.01. The van der Waals surface area contributed by atoms with E-state index in [0.717, 1.165) is 50.5 Å². The van der Waals surface area contributed by atoms with E-state index in [-0.39, 0.29) is 18.2 Å². The summed E-state index contributed by atoms with van der Waals surface area (Å²) in [7, 11) is 1.67. The summed E-state index contributed by atoms with van der Waals surface area (Å²) >= 11 is 0. The molecule has 6 nitrogen and oxygen atoms in total. The van der Waals surface area contributed by atoms with Crippen LogP contribution in [0.4, 0.5) is 5.69 Å². The number of carbonyl (C=O) groups excluding carboxylic acids is 2. The van der Waals surface area contributed by atoms with Crippen LogP contribution in [0.15, 0.2) is 24.3 Å². The molecule has 3 rings (SSSR count). The lowest BCUT2D eigenvalue weighted by Gasteiger charge is -2.36. The smallest absolute Gasteiger partial charge is 0.232 e. The van der Waals surface area contributed by atoms with Crippen LogP contribution in [0.25, 0.3) is 0 Å². The zero-order valence-corrected chi connectivity index (χ0v) is 15.7. The number of piperazine rings is 1. The predicted octanol–water partition coefficient (Wildman–Crippen LogP) is 2.14. The fraction of sp³-hybridized carbons (Fsp3) is 0.600. The van der Waals surface area contributed by atoms with Crippen LogP contribution in [0.5, 0.6) is 5.75 Å². The lowest BCUT2D eigenvalue weighted by molar-refractivity contribution is -0.140. The molecule has 2 amide bonds. The van der Waals surface area contributed by atoms with Crippen LogP contribution in [0.3, 0.4) is 0 Å². The lowest BCUT2D eigenvalue weighted by Crippen LogP contribution is -2.50. The van der Waals surface area contributed by atoms with E-state index in [9.17, 15) is 9.59 Å². The summed E-state index contributed by atoms with van der Waals surface area (Å²) in [6, 6.07) is 7.94. The van der Waals surface area contributed by atoms with Crippen molar-refractivity contribution in [3.63, 3.8) is 0 Å². The van der Waals surface area contributed by atoms with Crippen molar-refractivity contribution in [2.75, 3.05) is 51.3 Å². The summed E-state index contributed by atoms with van der Waals surface area (Å²) in [5.74, 6) is 0.798. The highest BCUT2D eigenvalue weighted by atomic mass is 16.5. The average molecular weight is 359 g/mol. The van der Waals surface area contributed by atoms with Crippen LogP contribution < -0.4 is 9.64 Å². The van der Waals surface area contributed by atoms with E-state index in [0.29, 0.717) is 13.1 Å². The minimum atomic E-state index is -0.0427. The molecule has 0 aliphatic carbocycles. The van der Waals surface area contributed by atoms with Gasteiger partial charge in [0.2, 0.25) is 11.8 Å². The Labute approximate surface area is 155 Å². The van der Waals surface area contributed by atoms with Crippen LogP contribution >= 0.6 is 0 Å². The molecule has 0 spiro atoms. The van der Waals surface area contributed by atoms with Crippen molar-refractivity contribution in [1.29, 1.82) is 0 Å². The first-order valence-corrected chi connectivity index (χ1v) is 9.62. The minimum Gasteiger partial charge on any atom is -0.495 e.